The van der Waals surface area contributed by atoms with Crippen LogP contribution in [0.15, 0.2) is 23.2 Å². The number of nitrogens with zero attached hydrogens (tertiary/aromatic N) is 1. The second-order valence-corrected chi connectivity index (χ2v) is 3.39. The molecule has 0 aliphatic carbocycles. The Labute approximate surface area is 98.0 Å². The Hall–Kier alpha value is -2.24. The summed E-state index contributed by atoms with van der Waals surface area (Å²) in [4.78, 5) is 15.0. The maximum absolute atomic E-state index is 11.5. The lowest BCUT2D eigenvalue weighted by atomic mass is 10.1. The van der Waals surface area contributed by atoms with Gasteiger partial charge >= 0.3 is 0 Å². The smallest absolute Gasteiger partial charge is 0.296 e. The number of methoxy groups -OCH3 is 2. The third-order valence-electron chi connectivity index (χ3n) is 2.41. The van der Waals surface area contributed by atoms with Crippen LogP contribution in [0.5, 0.6) is 11.5 Å². The summed E-state index contributed by atoms with van der Waals surface area (Å²) < 4.78 is 15.4. The lowest BCUT2D eigenvalue weighted by Gasteiger charge is -2.14. The largest absolute Gasteiger partial charge is 0.497 e. The summed E-state index contributed by atoms with van der Waals surface area (Å²) in [5.74, 6) is 0.684. The Bertz CT molecular complexity index is 484. The topological polar surface area (TPSA) is 83.1 Å². The molecule has 90 valence electrons. The van der Waals surface area contributed by atoms with E-state index in [9.17, 15) is 4.79 Å². The van der Waals surface area contributed by atoms with Gasteiger partial charge in [-0.3, -0.25) is 4.79 Å². The van der Waals surface area contributed by atoms with Crippen LogP contribution in [-0.2, 0) is 9.53 Å². The number of amides is 1. The van der Waals surface area contributed by atoms with Gasteiger partial charge in [-0.05, 0) is 12.1 Å². The fourth-order valence-corrected chi connectivity index (χ4v) is 1.60. The predicted octanol–water partition coefficient (Wildman–Crippen LogP) is 0.616. The van der Waals surface area contributed by atoms with Gasteiger partial charge < -0.3 is 19.9 Å². The lowest BCUT2D eigenvalue weighted by molar-refractivity contribution is -0.122. The van der Waals surface area contributed by atoms with Gasteiger partial charge in [-0.2, -0.15) is 4.99 Å². The predicted molar refractivity (Wildman–Crippen MR) is 60.0 cm³/mol. The standard InChI is InChI=1S/C11H12N2O4/c1-15-6-3-4-7(8(5-6)16-2)9-10(14)13-11(12)17-9/h3-5,9H,1-2H3,(H2,12,13,14). The number of carbonyl (C=O) groups excluding carboxylic acids is 1. The number of hydrogen-bond donors (Lipinski definition) is 1. The van der Waals surface area contributed by atoms with Crippen molar-refractivity contribution < 1.29 is 19.0 Å². The minimum absolute atomic E-state index is 0.127. The van der Waals surface area contributed by atoms with E-state index in [1.165, 1.54) is 7.11 Å². The van der Waals surface area contributed by atoms with Crippen molar-refractivity contribution in [3.63, 3.8) is 0 Å². The molecule has 0 aromatic heterocycles. The van der Waals surface area contributed by atoms with Crippen LogP contribution in [0.25, 0.3) is 0 Å². The maximum Gasteiger partial charge on any atom is 0.296 e. The molecule has 0 radical (unpaired) electrons. The van der Waals surface area contributed by atoms with E-state index < -0.39 is 12.0 Å². The maximum atomic E-state index is 11.5. The molecule has 6 heteroatoms. The Morgan fingerprint density at radius 2 is 2.12 bits per heavy atom. The monoisotopic (exact) mass is 236 g/mol. The SMILES string of the molecule is COc1ccc(C2OC(N)=NC2=O)c(OC)c1. The van der Waals surface area contributed by atoms with Gasteiger partial charge in [0.15, 0.2) is 0 Å². The van der Waals surface area contributed by atoms with E-state index in [0.29, 0.717) is 17.1 Å². The molecule has 0 saturated carbocycles. The molecule has 17 heavy (non-hydrogen) atoms. The summed E-state index contributed by atoms with van der Waals surface area (Å²) in [6, 6.07) is 4.94. The number of carbonyl (C=O) groups is 1. The van der Waals surface area contributed by atoms with Gasteiger partial charge in [-0.1, -0.05) is 0 Å². The van der Waals surface area contributed by atoms with Gasteiger partial charge in [-0.25, -0.2) is 0 Å². The van der Waals surface area contributed by atoms with Crippen LogP contribution in [0.2, 0.25) is 0 Å². The normalized spacial score (nSPS) is 18.6. The van der Waals surface area contributed by atoms with Crippen molar-refractivity contribution in [2.45, 2.75) is 6.10 Å². The highest BCUT2D eigenvalue weighted by atomic mass is 16.5. The Morgan fingerprint density at radius 3 is 2.65 bits per heavy atom. The van der Waals surface area contributed by atoms with Gasteiger partial charge in [0.05, 0.1) is 14.2 Å². The van der Waals surface area contributed by atoms with E-state index >= 15 is 0 Å². The average molecular weight is 236 g/mol. The van der Waals surface area contributed by atoms with Gasteiger partial charge in [0.1, 0.15) is 11.5 Å². The van der Waals surface area contributed by atoms with Crippen molar-refractivity contribution >= 4 is 11.9 Å². The molecule has 0 spiro atoms. The van der Waals surface area contributed by atoms with Crippen molar-refractivity contribution in [1.82, 2.24) is 0 Å². The van der Waals surface area contributed by atoms with Crippen LogP contribution < -0.4 is 15.2 Å². The second kappa shape index (κ2) is 4.32. The molecule has 1 unspecified atom stereocenters. The third kappa shape index (κ3) is 2.01. The van der Waals surface area contributed by atoms with E-state index in [1.54, 1.807) is 25.3 Å². The van der Waals surface area contributed by atoms with E-state index in [4.69, 9.17) is 19.9 Å². The van der Waals surface area contributed by atoms with Crippen molar-refractivity contribution in [1.29, 1.82) is 0 Å². The van der Waals surface area contributed by atoms with Gasteiger partial charge in [0.25, 0.3) is 11.9 Å². The summed E-state index contributed by atoms with van der Waals surface area (Å²) in [6.07, 6.45) is -0.837. The second-order valence-electron chi connectivity index (χ2n) is 3.39. The number of hydrogen-bond acceptors (Lipinski definition) is 5. The van der Waals surface area contributed by atoms with Crippen LogP contribution in [0, 0.1) is 0 Å². The van der Waals surface area contributed by atoms with Crippen LogP contribution >= 0.6 is 0 Å². The molecule has 1 aliphatic rings. The third-order valence-corrected chi connectivity index (χ3v) is 2.41. The molecule has 0 saturated heterocycles. The van der Waals surface area contributed by atoms with Crippen LogP contribution in [0.4, 0.5) is 0 Å². The average Bonchev–Trinajstić information content (AvgIpc) is 2.67. The fourth-order valence-electron chi connectivity index (χ4n) is 1.60. The zero-order chi connectivity index (χ0) is 12.4. The molecule has 1 heterocycles. The van der Waals surface area contributed by atoms with Crippen LogP contribution in [-0.4, -0.2) is 26.1 Å². The molecule has 0 fully saturated rings. The molecular formula is C11H12N2O4. The zero-order valence-corrected chi connectivity index (χ0v) is 9.47. The van der Waals surface area contributed by atoms with E-state index in [0.717, 1.165) is 0 Å². The highest BCUT2D eigenvalue weighted by molar-refractivity contribution is 5.98. The molecular weight excluding hydrogens is 224 g/mol. The molecule has 6 nitrogen and oxygen atoms in total. The summed E-state index contributed by atoms with van der Waals surface area (Å²) in [5, 5.41) is 0. The zero-order valence-electron chi connectivity index (χ0n) is 9.47. The Morgan fingerprint density at radius 1 is 1.35 bits per heavy atom. The number of rotatable bonds is 3. The molecule has 1 atom stereocenters. The van der Waals surface area contributed by atoms with Crippen molar-refractivity contribution in [3.05, 3.63) is 23.8 Å². The summed E-state index contributed by atoms with van der Waals surface area (Å²) in [5.41, 5.74) is 5.91. The quantitative estimate of drug-likeness (QED) is 0.831. The first-order valence-electron chi connectivity index (χ1n) is 4.92. The van der Waals surface area contributed by atoms with Gasteiger partial charge in [0, 0.05) is 11.6 Å². The minimum Gasteiger partial charge on any atom is -0.497 e. The van der Waals surface area contributed by atoms with Crippen molar-refractivity contribution in [2.75, 3.05) is 14.2 Å². The Kier molecular flexibility index (Phi) is 2.86. The summed E-state index contributed by atoms with van der Waals surface area (Å²) in [6.45, 7) is 0. The summed E-state index contributed by atoms with van der Waals surface area (Å²) >= 11 is 0. The van der Waals surface area contributed by atoms with Crippen LogP contribution in [0.1, 0.15) is 11.7 Å². The number of amidine groups is 1. The van der Waals surface area contributed by atoms with Gasteiger partial charge in [0.2, 0.25) is 6.10 Å². The van der Waals surface area contributed by atoms with Crippen molar-refractivity contribution in [2.24, 2.45) is 10.7 Å². The molecule has 2 N–H and O–H groups in total. The molecule has 1 amide bonds. The number of benzene rings is 1. The Balaban J connectivity index is 2.36. The highest BCUT2D eigenvalue weighted by Gasteiger charge is 2.31. The lowest BCUT2D eigenvalue weighted by Crippen LogP contribution is -2.14. The fraction of sp³-hybridized carbons (Fsp3) is 0.273. The summed E-state index contributed by atoms with van der Waals surface area (Å²) in [7, 11) is 3.05. The molecule has 1 aliphatic heterocycles. The first kappa shape index (κ1) is 11.3. The highest BCUT2D eigenvalue weighted by Crippen LogP contribution is 2.33. The van der Waals surface area contributed by atoms with Crippen LogP contribution in [0.3, 0.4) is 0 Å². The van der Waals surface area contributed by atoms with E-state index in [-0.39, 0.29) is 6.02 Å². The van der Waals surface area contributed by atoms with Crippen molar-refractivity contribution in [3.8, 4) is 11.5 Å². The number of aliphatic imine (C=N–C) groups is 1. The molecule has 1 aromatic rings. The van der Waals surface area contributed by atoms with Gasteiger partial charge in [-0.15, -0.1) is 0 Å². The first-order valence-corrected chi connectivity index (χ1v) is 4.92. The number of nitrogens with two attached hydrogens (primary N) is 1. The molecule has 1 aromatic carbocycles. The number of ether oxygens (including phenoxy) is 3. The molecule has 2 rings (SSSR count). The first-order chi connectivity index (χ1) is 8.15. The van der Waals surface area contributed by atoms with E-state index in [1.807, 2.05) is 0 Å². The minimum atomic E-state index is -0.837. The van der Waals surface area contributed by atoms with E-state index in [2.05, 4.69) is 4.99 Å². The molecule has 0 bridgehead atoms.